The Morgan fingerprint density at radius 3 is 2.38 bits per heavy atom. The molecule has 1 aliphatic carbocycles. The summed E-state index contributed by atoms with van der Waals surface area (Å²) in [4.78, 5) is 30.0. The number of halogens is 1. The van der Waals surface area contributed by atoms with E-state index < -0.39 is 5.00 Å². The molecule has 2 aliphatic heterocycles. The summed E-state index contributed by atoms with van der Waals surface area (Å²) in [5.41, 5.74) is 3.56. The van der Waals surface area contributed by atoms with E-state index in [2.05, 4.69) is 34.5 Å². The molecule has 2 aromatic rings. The van der Waals surface area contributed by atoms with E-state index in [1.54, 1.807) is 4.90 Å². The van der Waals surface area contributed by atoms with Gasteiger partial charge in [-0.15, -0.1) is 0 Å². The normalized spacial score (nSPS) is 25.9. The van der Waals surface area contributed by atoms with Crippen molar-refractivity contribution >= 4 is 23.4 Å². The van der Waals surface area contributed by atoms with Crippen molar-refractivity contribution in [3.05, 3.63) is 71.3 Å². The topological polar surface area (TPSA) is 52.7 Å². The highest BCUT2D eigenvalue weighted by Gasteiger charge is 2.54. The molecule has 0 radical (unpaired) electrons. The van der Waals surface area contributed by atoms with Crippen LogP contribution in [0.3, 0.4) is 0 Å². The van der Waals surface area contributed by atoms with E-state index in [0.717, 1.165) is 31.2 Å². The number of hydrogen-bond acceptors (Lipinski definition) is 3. The second-order valence-corrected chi connectivity index (χ2v) is 10.7. The summed E-state index contributed by atoms with van der Waals surface area (Å²) in [6.07, 6.45) is 7.98. The molecule has 1 N–H and O–H groups in total. The molecular formula is C28H34ClN3O2. The molecule has 1 saturated carbocycles. The third-order valence-electron chi connectivity index (χ3n) is 7.74. The SMILES string of the molecule is O=C1C2Cc3ccccc3CN2CC(Cl)(C(=O)NC2CCCCCC2)N1CCc1ccccc1. The molecule has 2 unspecified atom stereocenters. The zero-order valence-corrected chi connectivity index (χ0v) is 20.5. The Hall–Kier alpha value is -2.37. The Balaban J connectivity index is 1.41. The lowest BCUT2D eigenvalue weighted by Crippen LogP contribution is -2.72. The van der Waals surface area contributed by atoms with Crippen LogP contribution in [-0.2, 0) is 29.0 Å². The third-order valence-corrected chi connectivity index (χ3v) is 8.24. The summed E-state index contributed by atoms with van der Waals surface area (Å²) in [5.74, 6) is -0.262. The Morgan fingerprint density at radius 2 is 1.65 bits per heavy atom. The molecule has 5 rings (SSSR count). The van der Waals surface area contributed by atoms with Gasteiger partial charge in [-0.05, 0) is 42.4 Å². The molecule has 180 valence electrons. The fourth-order valence-electron chi connectivity index (χ4n) is 5.78. The Kier molecular flexibility index (Phi) is 6.94. The Labute approximate surface area is 207 Å². The number of alkyl halides is 1. The number of rotatable bonds is 5. The molecule has 2 atom stereocenters. The van der Waals surface area contributed by atoms with Gasteiger partial charge in [0.1, 0.15) is 0 Å². The fourth-order valence-corrected chi connectivity index (χ4v) is 6.16. The zero-order valence-electron chi connectivity index (χ0n) is 19.7. The van der Waals surface area contributed by atoms with Crippen molar-refractivity contribution in [1.82, 2.24) is 15.1 Å². The van der Waals surface area contributed by atoms with E-state index in [0.29, 0.717) is 32.5 Å². The quantitative estimate of drug-likeness (QED) is 0.396. The highest BCUT2D eigenvalue weighted by molar-refractivity contribution is 6.36. The first-order chi connectivity index (χ1) is 16.5. The van der Waals surface area contributed by atoms with Crippen LogP contribution in [0.5, 0.6) is 0 Å². The molecule has 34 heavy (non-hydrogen) atoms. The minimum absolute atomic E-state index is 0.0392. The summed E-state index contributed by atoms with van der Waals surface area (Å²) >= 11 is 7.21. The summed E-state index contributed by atoms with van der Waals surface area (Å²) < 4.78 is 0. The lowest BCUT2D eigenvalue weighted by molar-refractivity contribution is -0.156. The van der Waals surface area contributed by atoms with Gasteiger partial charge in [0.15, 0.2) is 0 Å². The van der Waals surface area contributed by atoms with Crippen LogP contribution < -0.4 is 5.32 Å². The van der Waals surface area contributed by atoms with Crippen LogP contribution in [0, 0.1) is 0 Å². The van der Waals surface area contributed by atoms with Crippen LogP contribution in [0.15, 0.2) is 54.6 Å². The molecule has 2 amide bonds. The molecule has 5 nitrogen and oxygen atoms in total. The van der Waals surface area contributed by atoms with Gasteiger partial charge in [0.05, 0.1) is 6.04 Å². The molecule has 2 fully saturated rings. The van der Waals surface area contributed by atoms with Gasteiger partial charge in [-0.2, -0.15) is 0 Å². The molecule has 2 aromatic carbocycles. The van der Waals surface area contributed by atoms with E-state index in [1.807, 2.05) is 30.3 Å². The van der Waals surface area contributed by atoms with Crippen LogP contribution in [-0.4, -0.2) is 51.8 Å². The smallest absolute Gasteiger partial charge is 0.263 e. The molecule has 2 heterocycles. The first-order valence-corrected chi connectivity index (χ1v) is 13.1. The average molecular weight is 480 g/mol. The molecule has 1 saturated heterocycles. The van der Waals surface area contributed by atoms with Crippen molar-refractivity contribution in [2.45, 2.75) is 75.0 Å². The van der Waals surface area contributed by atoms with Gasteiger partial charge in [-0.3, -0.25) is 14.5 Å². The summed E-state index contributed by atoms with van der Waals surface area (Å²) in [6.45, 7) is 1.41. The second kappa shape index (κ2) is 10.1. The number of carbonyl (C=O) groups excluding carboxylic acids is 2. The second-order valence-electron chi connectivity index (χ2n) is 10.0. The first kappa shape index (κ1) is 23.4. The first-order valence-electron chi connectivity index (χ1n) is 12.7. The van der Waals surface area contributed by atoms with Gasteiger partial charge in [0, 0.05) is 25.7 Å². The van der Waals surface area contributed by atoms with Crippen molar-refractivity contribution in [2.75, 3.05) is 13.1 Å². The predicted molar refractivity (Wildman–Crippen MR) is 134 cm³/mol. The van der Waals surface area contributed by atoms with Crippen LogP contribution in [0.1, 0.15) is 55.2 Å². The lowest BCUT2D eigenvalue weighted by atomic mass is 9.89. The molecule has 6 heteroatoms. The minimum Gasteiger partial charge on any atom is -0.350 e. The molecule has 0 spiro atoms. The highest BCUT2D eigenvalue weighted by atomic mass is 35.5. The zero-order chi connectivity index (χ0) is 23.5. The largest absolute Gasteiger partial charge is 0.350 e. The number of carbonyl (C=O) groups is 2. The Bertz CT molecular complexity index is 1020. The highest BCUT2D eigenvalue weighted by Crippen LogP contribution is 2.36. The third kappa shape index (κ3) is 4.73. The van der Waals surface area contributed by atoms with Gasteiger partial charge in [0.2, 0.25) is 10.9 Å². The maximum atomic E-state index is 13.9. The van der Waals surface area contributed by atoms with Crippen LogP contribution >= 0.6 is 11.6 Å². The maximum Gasteiger partial charge on any atom is 0.263 e. The van der Waals surface area contributed by atoms with Gasteiger partial charge in [0.25, 0.3) is 5.91 Å². The Morgan fingerprint density at radius 1 is 0.971 bits per heavy atom. The minimum atomic E-state index is -1.40. The van der Waals surface area contributed by atoms with E-state index in [1.165, 1.54) is 24.0 Å². The van der Waals surface area contributed by atoms with Crippen molar-refractivity contribution in [3.8, 4) is 0 Å². The number of nitrogens with one attached hydrogen (secondary N) is 1. The lowest BCUT2D eigenvalue weighted by Gasteiger charge is -2.51. The monoisotopic (exact) mass is 479 g/mol. The van der Waals surface area contributed by atoms with Gasteiger partial charge in [-0.1, -0.05) is 91.9 Å². The standard InChI is InChI=1S/C28H34ClN3O2/c29-28(27(34)30-24-14-6-1-2-7-15-24)20-31-19-23-13-9-8-12-22(23)18-25(31)26(33)32(28)17-16-21-10-4-3-5-11-21/h3-5,8-13,24-25H,1-2,6-7,14-20H2,(H,30,34). The van der Waals surface area contributed by atoms with Crippen molar-refractivity contribution in [2.24, 2.45) is 0 Å². The number of benzene rings is 2. The van der Waals surface area contributed by atoms with Crippen molar-refractivity contribution in [1.29, 1.82) is 0 Å². The predicted octanol–water partition coefficient (Wildman–Crippen LogP) is 4.27. The number of nitrogens with zero attached hydrogens (tertiary/aromatic N) is 2. The molecule has 0 aromatic heterocycles. The molecule has 3 aliphatic rings. The summed E-state index contributed by atoms with van der Waals surface area (Å²) in [5, 5.41) is 3.24. The van der Waals surface area contributed by atoms with E-state index in [4.69, 9.17) is 11.6 Å². The van der Waals surface area contributed by atoms with Gasteiger partial charge < -0.3 is 10.2 Å². The number of amides is 2. The van der Waals surface area contributed by atoms with E-state index in [9.17, 15) is 9.59 Å². The fraction of sp³-hybridized carbons (Fsp3) is 0.500. The van der Waals surface area contributed by atoms with Crippen molar-refractivity contribution < 1.29 is 9.59 Å². The van der Waals surface area contributed by atoms with Crippen molar-refractivity contribution in [3.63, 3.8) is 0 Å². The molecule has 0 bridgehead atoms. The molecular weight excluding hydrogens is 446 g/mol. The van der Waals surface area contributed by atoms with Crippen LogP contribution in [0.2, 0.25) is 0 Å². The van der Waals surface area contributed by atoms with E-state index >= 15 is 0 Å². The number of fused-ring (bicyclic) bond motifs is 2. The van der Waals surface area contributed by atoms with Gasteiger partial charge >= 0.3 is 0 Å². The van der Waals surface area contributed by atoms with Crippen LogP contribution in [0.25, 0.3) is 0 Å². The maximum absolute atomic E-state index is 13.9. The number of hydrogen-bond donors (Lipinski definition) is 1. The summed E-state index contributed by atoms with van der Waals surface area (Å²) in [6, 6.07) is 18.2. The average Bonchev–Trinajstić information content (AvgIpc) is 3.12. The van der Waals surface area contributed by atoms with Crippen LogP contribution in [0.4, 0.5) is 0 Å². The van der Waals surface area contributed by atoms with Gasteiger partial charge in [-0.25, -0.2) is 0 Å². The van der Waals surface area contributed by atoms with E-state index in [-0.39, 0.29) is 23.9 Å². The number of piperazine rings is 1. The summed E-state index contributed by atoms with van der Waals surface area (Å²) in [7, 11) is 0.